The van der Waals surface area contributed by atoms with Gasteiger partial charge < -0.3 is 4.57 Å². The van der Waals surface area contributed by atoms with Gasteiger partial charge in [0.25, 0.3) is 0 Å². The lowest BCUT2D eigenvalue weighted by molar-refractivity contribution is 0.319. The topological polar surface area (TPSA) is 42.3 Å². The summed E-state index contributed by atoms with van der Waals surface area (Å²) in [6, 6.07) is 22.3. The van der Waals surface area contributed by atoms with E-state index in [0.29, 0.717) is 30.4 Å². The van der Waals surface area contributed by atoms with Gasteiger partial charge in [0.2, 0.25) is 10.0 Å². The highest BCUT2D eigenvalue weighted by Crippen LogP contribution is 2.38. The molecule has 3 aromatic carbocycles. The van der Waals surface area contributed by atoms with E-state index in [0.717, 1.165) is 29.5 Å². The maximum absolute atomic E-state index is 13.4. The minimum atomic E-state index is -3.49. The predicted molar refractivity (Wildman–Crippen MR) is 134 cm³/mol. The van der Waals surface area contributed by atoms with Crippen molar-refractivity contribution in [3.8, 4) is 0 Å². The number of benzene rings is 3. The second-order valence-corrected chi connectivity index (χ2v) is 11.1. The number of hydrogen-bond donors (Lipinski definition) is 0. The molecule has 176 valence electrons. The van der Waals surface area contributed by atoms with Gasteiger partial charge >= 0.3 is 0 Å². The van der Waals surface area contributed by atoms with Crippen LogP contribution in [-0.4, -0.2) is 30.4 Å². The lowest BCUT2D eigenvalue weighted by atomic mass is 9.88. The molecular weight excluding hydrogens is 447 g/mol. The molecule has 0 atom stereocenters. The Bertz CT molecular complexity index is 1430. The molecule has 0 bridgehead atoms. The second-order valence-electron chi connectivity index (χ2n) is 9.17. The number of halogens is 1. The molecule has 0 N–H and O–H groups in total. The van der Waals surface area contributed by atoms with E-state index in [2.05, 4.69) is 29.7 Å². The van der Waals surface area contributed by atoms with E-state index in [-0.39, 0.29) is 5.82 Å². The first-order valence-corrected chi connectivity index (χ1v) is 13.2. The Morgan fingerprint density at radius 3 is 2.24 bits per heavy atom. The lowest BCUT2D eigenvalue weighted by Gasteiger charge is -2.32. The maximum Gasteiger partial charge on any atom is 0.243 e. The average Bonchev–Trinajstić information content (AvgIpc) is 3.12. The van der Waals surface area contributed by atoms with Crippen molar-refractivity contribution in [1.82, 2.24) is 8.87 Å². The standard InChI is InChI=1S/C28H29FN2O2S/c1-20-7-3-6-10-27(20)34(32,33)30-17-15-23(16-18-30)28-21(2)31(26-9-5-4-8-25(26)28)19-22-11-13-24(29)14-12-22/h3-14,23H,15-19H2,1-2H3. The average molecular weight is 477 g/mol. The minimum absolute atomic E-state index is 0.231. The largest absolute Gasteiger partial charge is 0.340 e. The Kier molecular flexibility index (Phi) is 6.04. The van der Waals surface area contributed by atoms with E-state index < -0.39 is 10.0 Å². The van der Waals surface area contributed by atoms with Gasteiger partial charge in [-0.05, 0) is 73.6 Å². The summed E-state index contributed by atoms with van der Waals surface area (Å²) in [5.74, 6) is 0.0635. The lowest BCUT2D eigenvalue weighted by Crippen LogP contribution is -2.38. The number of hydrogen-bond acceptors (Lipinski definition) is 2. The first-order chi connectivity index (χ1) is 16.4. The minimum Gasteiger partial charge on any atom is -0.340 e. The molecule has 0 unspecified atom stereocenters. The number of aromatic nitrogens is 1. The van der Waals surface area contributed by atoms with E-state index in [1.807, 2.05) is 37.3 Å². The van der Waals surface area contributed by atoms with Crippen molar-refractivity contribution >= 4 is 20.9 Å². The van der Waals surface area contributed by atoms with Gasteiger partial charge in [0.15, 0.2) is 0 Å². The van der Waals surface area contributed by atoms with Crippen LogP contribution in [0.2, 0.25) is 0 Å². The monoisotopic (exact) mass is 476 g/mol. The third-order valence-electron chi connectivity index (χ3n) is 7.11. The molecule has 1 aromatic heterocycles. The van der Waals surface area contributed by atoms with Gasteiger partial charge in [-0.15, -0.1) is 0 Å². The quantitative estimate of drug-likeness (QED) is 0.354. The molecule has 2 heterocycles. The molecular formula is C28H29FN2O2S. The Balaban J connectivity index is 1.43. The molecule has 1 fully saturated rings. The molecule has 1 aliphatic rings. The predicted octanol–water partition coefficient (Wildman–Crippen LogP) is 6.01. The number of fused-ring (bicyclic) bond motifs is 1. The van der Waals surface area contributed by atoms with Crippen molar-refractivity contribution in [3.63, 3.8) is 0 Å². The third kappa shape index (κ3) is 4.05. The van der Waals surface area contributed by atoms with Gasteiger partial charge in [0.1, 0.15) is 5.82 Å². The summed E-state index contributed by atoms with van der Waals surface area (Å²) in [5, 5.41) is 1.22. The normalized spacial score (nSPS) is 15.7. The zero-order valence-electron chi connectivity index (χ0n) is 19.5. The molecule has 34 heavy (non-hydrogen) atoms. The van der Waals surface area contributed by atoms with E-state index in [4.69, 9.17) is 0 Å². The highest BCUT2D eigenvalue weighted by atomic mass is 32.2. The Morgan fingerprint density at radius 1 is 0.882 bits per heavy atom. The summed E-state index contributed by atoms with van der Waals surface area (Å²) in [7, 11) is -3.49. The second kappa shape index (κ2) is 9.01. The van der Waals surface area contributed by atoms with Crippen LogP contribution in [0.25, 0.3) is 10.9 Å². The van der Waals surface area contributed by atoms with Crippen molar-refractivity contribution in [2.24, 2.45) is 0 Å². The van der Waals surface area contributed by atoms with Gasteiger partial charge in [0.05, 0.1) is 4.90 Å². The molecule has 4 aromatic rings. The number of para-hydroxylation sites is 1. The molecule has 0 saturated carbocycles. The van der Waals surface area contributed by atoms with Gasteiger partial charge in [0, 0.05) is 36.2 Å². The van der Waals surface area contributed by atoms with Crippen molar-refractivity contribution in [3.05, 3.63) is 101 Å². The summed E-state index contributed by atoms with van der Waals surface area (Å²) < 4.78 is 43.8. The van der Waals surface area contributed by atoms with E-state index in [1.54, 1.807) is 16.4 Å². The van der Waals surface area contributed by atoms with Crippen LogP contribution >= 0.6 is 0 Å². The number of nitrogens with zero attached hydrogens (tertiary/aromatic N) is 2. The van der Waals surface area contributed by atoms with Crippen LogP contribution in [0.1, 0.15) is 41.1 Å². The van der Waals surface area contributed by atoms with Gasteiger partial charge in [-0.1, -0.05) is 48.5 Å². The Morgan fingerprint density at radius 2 is 1.53 bits per heavy atom. The van der Waals surface area contributed by atoms with Gasteiger partial charge in [-0.2, -0.15) is 4.31 Å². The molecule has 1 aliphatic heterocycles. The smallest absolute Gasteiger partial charge is 0.243 e. The summed E-state index contributed by atoms with van der Waals surface area (Å²) in [4.78, 5) is 0.403. The molecule has 1 saturated heterocycles. The van der Waals surface area contributed by atoms with Gasteiger partial charge in [-0.25, -0.2) is 12.8 Å². The van der Waals surface area contributed by atoms with Crippen molar-refractivity contribution in [1.29, 1.82) is 0 Å². The highest BCUT2D eigenvalue weighted by Gasteiger charge is 2.32. The fourth-order valence-corrected chi connectivity index (χ4v) is 7.01. The van der Waals surface area contributed by atoms with E-state index in [1.165, 1.54) is 28.8 Å². The fraction of sp³-hybridized carbons (Fsp3) is 0.286. The summed E-state index contributed by atoms with van der Waals surface area (Å²) in [6.07, 6.45) is 1.58. The Hall–Kier alpha value is -2.96. The number of rotatable bonds is 5. The number of piperidine rings is 1. The summed E-state index contributed by atoms with van der Waals surface area (Å²) in [5.41, 5.74) is 5.51. The van der Waals surface area contributed by atoms with Crippen LogP contribution in [0.15, 0.2) is 77.7 Å². The first kappa shape index (κ1) is 22.8. The molecule has 0 radical (unpaired) electrons. The maximum atomic E-state index is 13.4. The first-order valence-electron chi connectivity index (χ1n) is 11.7. The van der Waals surface area contributed by atoms with Crippen molar-refractivity contribution < 1.29 is 12.8 Å². The zero-order valence-corrected chi connectivity index (χ0v) is 20.4. The van der Waals surface area contributed by atoms with Crippen molar-refractivity contribution in [2.75, 3.05) is 13.1 Å². The van der Waals surface area contributed by atoms with E-state index >= 15 is 0 Å². The number of aryl methyl sites for hydroxylation is 1. The third-order valence-corrected chi connectivity index (χ3v) is 9.17. The van der Waals surface area contributed by atoms with Gasteiger partial charge in [-0.3, -0.25) is 0 Å². The number of sulfonamides is 1. The van der Waals surface area contributed by atoms with Crippen LogP contribution in [-0.2, 0) is 16.6 Å². The van der Waals surface area contributed by atoms with Crippen LogP contribution in [0.4, 0.5) is 4.39 Å². The molecule has 6 heteroatoms. The van der Waals surface area contributed by atoms with Crippen LogP contribution in [0.5, 0.6) is 0 Å². The fourth-order valence-electron chi connectivity index (χ4n) is 5.32. The van der Waals surface area contributed by atoms with Crippen LogP contribution in [0, 0.1) is 19.7 Å². The van der Waals surface area contributed by atoms with Crippen LogP contribution in [0.3, 0.4) is 0 Å². The Labute approximate surface area is 200 Å². The molecule has 0 aliphatic carbocycles. The summed E-state index contributed by atoms with van der Waals surface area (Å²) >= 11 is 0. The molecule has 0 amide bonds. The molecule has 5 rings (SSSR count). The molecule has 4 nitrogen and oxygen atoms in total. The van der Waals surface area contributed by atoms with E-state index in [9.17, 15) is 12.8 Å². The van der Waals surface area contributed by atoms with Crippen LogP contribution < -0.4 is 0 Å². The highest BCUT2D eigenvalue weighted by molar-refractivity contribution is 7.89. The molecule has 0 spiro atoms. The summed E-state index contributed by atoms with van der Waals surface area (Å²) in [6.45, 7) is 5.69. The zero-order chi connectivity index (χ0) is 23.9. The SMILES string of the molecule is Cc1ccccc1S(=O)(=O)N1CCC(c2c(C)n(Cc3ccc(F)cc3)c3ccccc23)CC1. The van der Waals surface area contributed by atoms with Crippen molar-refractivity contribution in [2.45, 2.75) is 44.0 Å².